The quantitative estimate of drug-likeness (QED) is 0.563. The molecule has 0 aliphatic heterocycles. The van der Waals surface area contributed by atoms with Gasteiger partial charge < -0.3 is 15.0 Å². The van der Waals surface area contributed by atoms with E-state index in [0.29, 0.717) is 13.0 Å². The maximum atomic E-state index is 13.3. The molecule has 0 aromatic heterocycles. The van der Waals surface area contributed by atoms with Gasteiger partial charge in [0, 0.05) is 13.1 Å². The van der Waals surface area contributed by atoms with Crippen LogP contribution in [-0.4, -0.2) is 36.4 Å². The number of hydrogen-bond donors (Lipinski definition) is 1. The van der Waals surface area contributed by atoms with E-state index < -0.39 is 6.04 Å². The van der Waals surface area contributed by atoms with Crippen LogP contribution < -0.4 is 10.1 Å². The maximum absolute atomic E-state index is 13.3. The van der Waals surface area contributed by atoms with Crippen LogP contribution >= 0.6 is 0 Å². The molecule has 0 radical (unpaired) electrons. The highest BCUT2D eigenvalue weighted by Crippen LogP contribution is 2.17. The Hall–Kier alpha value is -2.89. The van der Waals surface area contributed by atoms with Gasteiger partial charge in [-0.1, -0.05) is 44.5 Å². The van der Waals surface area contributed by atoms with E-state index in [4.69, 9.17) is 4.74 Å². The van der Waals surface area contributed by atoms with Crippen LogP contribution in [0.3, 0.4) is 0 Å². The van der Waals surface area contributed by atoms with Crippen LogP contribution in [0.4, 0.5) is 4.39 Å². The molecule has 2 aromatic rings. The number of ether oxygens (including phenoxy) is 1. The molecule has 2 rings (SSSR count). The van der Waals surface area contributed by atoms with Crippen LogP contribution in [0.2, 0.25) is 0 Å². The summed E-state index contributed by atoms with van der Waals surface area (Å²) in [7, 11) is 1.59. The normalized spacial score (nSPS) is 11.6. The molecular formula is C24H31FN2O3. The van der Waals surface area contributed by atoms with Gasteiger partial charge in [-0.15, -0.1) is 0 Å². The zero-order valence-corrected chi connectivity index (χ0v) is 18.0. The van der Waals surface area contributed by atoms with E-state index in [1.54, 1.807) is 24.1 Å². The van der Waals surface area contributed by atoms with Gasteiger partial charge in [-0.25, -0.2) is 4.39 Å². The molecule has 1 atom stereocenters. The van der Waals surface area contributed by atoms with Gasteiger partial charge in [0.05, 0.1) is 13.5 Å². The van der Waals surface area contributed by atoms with Crippen LogP contribution in [0.1, 0.15) is 44.2 Å². The molecule has 6 heteroatoms. The van der Waals surface area contributed by atoms with Crippen molar-refractivity contribution in [2.75, 3.05) is 13.7 Å². The minimum atomic E-state index is -0.586. The van der Waals surface area contributed by atoms with Gasteiger partial charge in [-0.3, -0.25) is 9.59 Å². The van der Waals surface area contributed by atoms with E-state index in [0.717, 1.165) is 29.7 Å². The van der Waals surface area contributed by atoms with Gasteiger partial charge in [0.25, 0.3) is 0 Å². The number of carbonyl (C=O) groups excluding carboxylic acids is 2. The molecule has 162 valence electrons. The van der Waals surface area contributed by atoms with Crippen LogP contribution in [0.5, 0.6) is 5.75 Å². The monoisotopic (exact) mass is 414 g/mol. The lowest BCUT2D eigenvalue weighted by atomic mass is 10.1. The first kappa shape index (κ1) is 23.4. The number of nitrogens with zero attached hydrogens (tertiary/aromatic N) is 1. The second kappa shape index (κ2) is 12.0. The van der Waals surface area contributed by atoms with Gasteiger partial charge in [0.15, 0.2) is 0 Å². The van der Waals surface area contributed by atoms with Gasteiger partial charge in [0.2, 0.25) is 11.8 Å². The first-order valence-corrected chi connectivity index (χ1v) is 10.4. The topological polar surface area (TPSA) is 58.6 Å². The van der Waals surface area contributed by atoms with Crippen molar-refractivity contribution in [3.63, 3.8) is 0 Å². The summed E-state index contributed by atoms with van der Waals surface area (Å²) >= 11 is 0. The third-order valence-corrected chi connectivity index (χ3v) is 5.00. The fourth-order valence-corrected chi connectivity index (χ4v) is 3.23. The van der Waals surface area contributed by atoms with E-state index in [1.165, 1.54) is 12.1 Å². The predicted octanol–water partition coefficient (Wildman–Crippen LogP) is 4.10. The molecule has 0 saturated heterocycles. The summed E-state index contributed by atoms with van der Waals surface area (Å²) in [5.74, 6) is 0.0773. The van der Waals surface area contributed by atoms with Crippen LogP contribution in [0.15, 0.2) is 48.5 Å². The van der Waals surface area contributed by atoms with Crippen LogP contribution in [0, 0.1) is 5.82 Å². The molecule has 0 heterocycles. The van der Waals surface area contributed by atoms with E-state index >= 15 is 0 Å². The van der Waals surface area contributed by atoms with Crippen molar-refractivity contribution in [3.8, 4) is 5.75 Å². The first-order valence-electron chi connectivity index (χ1n) is 10.4. The van der Waals surface area contributed by atoms with Crippen molar-refractivity contribution in [2.45, 2.75) is 52.1 Å². The molecule has 0 saturated carbocycles. The van der Waals surface area contributed by atoms with Gasteiger partial charge in [-0.05, 0) is 48.2 Å². The van der Waals surface area contributed by atoms with Crippen molar-refractivity contribution in [1.82, 2.24) is 10.2 Å². The number of methoxy groups -OCH3 is 1. The lowest BCUT2D eigenvalue weighted by Gasteiger charge is -2.31. The lowest BCUT2D eigenvalue weighted by molar-refractivity contribution is -0.140. The van der Waals surface area contributed by atoms with Crippen molar-refractivity contribution in [2.24, 2.45) is 0 Å². The van der Waals surface area contributed by atoms with Crippen LogP contribution in [0.25, 0.3) is 0 Å². The predicted molar refractivity (Wildman–Crippen MR) is 116 cm³/mol. The molecule has 5 nitrogen and oxygen atoms in total. The molecular weight excluding hydrogens is 383 g/mol. The zero-order chi connectivity index (χ0) is 21.9. The Morgan fingerprint density at radius 2 is 1.67 bits per heavy atom. The fourth-order valence-electron chi connectivity index (χ4n) is 3.23. The summed E-state index contributed by atoms with van der Waals surface area (Å²) in [5, 5.41) is 2.93. The third kappa shape index (κ3) is 6.87. The number of rotatable bonds is 11. The SMILES string of the molecule is CCCCNC(=O)C(CC)N(Cc1ccc(F)cc1)C(=O)Cc1ccc(OC)cc1. The number of carbonyl (C=O) groups is 2. The van der Waals surface area contributed by atoms with E-state index in [2.05, 4.69) is 12.2 Å². The van der Waals surface area contributed by atoms with E-state index in [1.807, 2.05) is 31.2 Å². The molecule has 1 unspecified atom stereocenters. The largest absolute Gasteiger partial charge is 0.497 e. The number of hydrogen-bond acceptors (Lipinski definition) is 3. The average Bonchev–Trinajstić information content (AvgIpc) is 2.75. The fraction of sp³-hybridized carbons (Fsp3) is 0.417. The van der Waals surface area contributed by atoms with E-state index in [-0.39, 0.29) is 30.6 Å². The van der Waals surface area contributed by atoms with Gasteiger partial charge in [-0.2, -0.15) is 0 Å². The Morgan fingerprint density at radius 1 is 1.03 bits per heavy atom. The Morgan fingerprint density at radius 3 is 2.23 bits per heavy atom. The smallest absolute Gasteiger partial charge is 0.242 e. The Kier molecular flexibility index (Phi) is 9.32. The summed E-state index contributed by atoms with van der Waals surface area (Å²) < 4.78 is 18.5. The number of halogens is 1. The summed E-state index contributed by atoms with van der Waals surface area (Å²) in [5.41, 5.74) is 1.62. The molecule has 0 fully saturated rings. The Labute approximate surface area is 178 Å². The summed E-state index contributed by atoms with van der Waals surface area (Å²) in [6.07, 6.45) is 2.53. The molecule has 2 aromatic carbocycles. The zero-order valence-electron chi connectivity index (χ0n) is 18.0. The first-order chi connectivity index (χ1) is 14.5. The number of unbranched alkanes of at least 4 members (excludes halogenated alkanes) is 1. The van der Waals surface area contributed by atoms with Crippen molar-refractivity contribution in [3.05, 3.63) is 65.5 Å². The lowest BCUT2D eigenvalue weighted by Crippen LogP contribution is -2.49. The third-order valence-electron chi connectivity index (χ3n) is 5.00. The Bertz CT molecular complexity index is 806. The molecule has 0 bridgehead atoms. The highest BCUT2D eigenvalue weighted by Gasteiger charge is 2.28. The van der Waals surface area contributed by atoms with Crippen LogP contribution in [-0.2, 0) is 22.6 Å². The minimum absolute atomic E-state index is 0.151. The minimum Gasteiger partial charge on any atom is -0.497 e. The molecule has 0 aliphatic carbocycles. The molecule has 30 heavy (non-hydrogen) atoms. The highest BCUT2D eigenvalue weighted by molar-refractivity contribution is 5.88. The summed E-state index contributed by atoms with van der Waals surface area (Å²) in [6, 6.07) is 12.7. The molecule has 1 N–H and O–H groups in total. The Balaban J connectivity index is 2.21. The standard InChI is InChI=1S/C24H31FN2O3/c1-4-6-15-26-24(29)22(5-2)27(17-19-7-11-20(25)12-8-19)23(28)16-18-9-13-21(30-3)14-10-18/h7-14,22H,4-6,15-17H2,1-3H3,(H,26,29). The summed E-state index contributed by atoms with van der Waals surface area (Å²) in [4.78, 5) is 27.6. The number of nitrogens with one attached hydrogen (secondary N) is 1. The molecule has 0 aliphatic rings. The van der Waals surface area contributed by atoms with Crippen molar-refractivity contribution in [1.29, 1.82) is 0 Å². The van der Waals surface area contributed by atoms with Gasteiger partial charge in [0.1, 0.15) is 17.6 Å². The molecule has 2 amide bonds. The summed E-state index contributed by atoms with van der Waals surface area (Å²) in [6.45, 7) is 4.78. The number of benzene rings is 2. The van der Waals surface area contributed by atoms with Gasteiger partial charge >= 0.3 is 0 Å². The van der Waals surface area contributed by atoms with E-state index in [9.17, 15) is 14.0 Å². The second-order valence-corrected chi connectivity index (χ2v) is 7.24. The highest BCUT2D eigenvalue weighted by atomic mass is 19.1. The second-order valence-electron chi connectivity index (χ2n) is 7.24. The van der Waals surface area contributed by atoms with Crippen molar-refractivity contribution < 1.29 is 18.7 Å². The number of amides is 2. The molecule has 0 spiro atoms. The maximum Gasteiger partial charge on any atom is 0.242 e. The van der Waals surface area contributed by atoms with Crippen molar-refractivity contribution >= 4 is 11.8 Å². The average molecular weight is 415 g/mol.